The average Bonchev–Trinajstić information content (AvgIpc) is 2.48. The van der Waals surface area contributed by atoms with Crippen molar-refractivity contribution in [2.24, 2.45) is 0 Å². The minimum Gasteiger partial charge on any atom is -0.300 e. The van der Waals surface area contributed by atoms with Crippen LogP contribution in [0, 0.1) is 0 Å². The van der Waals surface area contributed by atoms with E-state index in [-0.39, 0.29) is 23.6 Å². The quantitative estimate of drug-likeness (QED) is 0.601. The molecule has 0 N–H and O–H groups in total. The molecule has 1 aromatic rings. The van der Waals surface area contributed by atoms with Crippen LogP contribution >= 0.6 is 0 Å². The number of aldehydes is 1. The van der Waals surface area contributed by atoms with E-state index in [2.05, 4.69) is 0 Å². The molecule has 1 aromatic carbocycles. The van der Waals surface area contributed by atoms with Crippen molar-refractivity contribution in [3.8, 4) is 0 Å². The maximum absolute atomic E-state index is 12.2. The van der Waals surface area contributed by atoms with Gasteiger partial charge in [0.2, 0.25) is 0 Å². The van der Waals surface area contributed by atoms with Gasteiger partial charge < -0.3 is 0 Å². The molecule has 0 amide bonds. The normalized spacial score (nSPS) is 18.6. The van der Waals surface area contributed by atoms with E-state index in [1.165, 1.54) is 6.92 Å². The van der Waals surface area contributed by atoms with Crippen molar-refractivity contribution in [3.63, 3.8) is 0 Å². The number of fused-ring (bicyclic) bond motifs is 1. The first-order valence-corrected chi connectivity index (χ1v) is 5.90. The minimum absolute atomic E-state index is 0.0460. The number of carbonyl (C=O) groups excluding carboxylic acids is 3. The Morgan fingerprint density at radius 2 is 2.11 bits per heavy atom. The second-order valence-electron chi connectivity index (χ2n) is 4.50. The van der Waals surface area contributed by atoms with E-state index in [1.807, 2.05) is 24.3 Å². The highest BCUT2D eigenvalue weighted by molar-refractivity contribution is 6.15. The van der Waals surface area contributed by atoms with Gasteiger partial charge in [0.25, 0.3) is 0 Å². The van der Waals surface area contributed by atoms with Crippen molar-refractivity contribution < 1.29 is 14.4 Å². The number of hydrogen-bond acceptors (Lipinski definition) is 3. The molecule has 0 radical (unpaired) electrons. The standard InChI is InChI=1S/C15H14O3/c1-10(17)8-14-13-5-3-2-4-11(13)6-7-12(9-16)15(14)18/h2-5,7,9,14H,6,8H2,1H3. The summed E-state index contributed by atoms with van der Waals surface area (Å²) in [6, 6.07) is 7.54. The third-order valence-electron chi connectivity index (χ3n) is 3.19. The Balaban J connectivity index is 2.51. The molecule has 1 atom stereocenters. The molecule has 0 spiro atoms. The van der Waals surface area contributed by atoms with Crippen LogP contribution in [0.5, 0.6) is 0 Å². The lowest BCUT2D eigenvalue weighted by atomic mass is 9.86. The zero-order valence-corrected chi connectivity index (χ0v) is 10.2. The molecule has 3 nitrogen and oxygen atoms in total. The summed E-state index contributed by atoms with van der Waals surface area (Å²) in [5, 5.41) is 0. The van der Waals surface area contributed by atoms with Crippen molar-refractivity contribution in [1.82, 2.24) is 0 Å². The van der Waals surface area contributed by atoms with E-state index in [0.29, 0.717) is 12.7 Å². The maximum Gasteiger partial charge on any atom is 0.173 e. The fourth-order valence-electron chi connectivity index (χ4n) is 2.32. The molecule has 3 heteroatoms. The van der Waals surface area contributed by atoms with E-state index < -0.39 is 5.92 Å². The van der Waals surface area contributed by atoms with Crippen LogP contribution < -0.4 is 0 Å². The Kier molecular flexibility index (Phi) is 3.51. The van der Waals surface area contributed by atoms with Crippen LogP contribution in [-0.2, 0) is 20.8 Å². The van der Waals surface area contributed by atoms with Gasteiger partial charge in [-0.25, -0.2) is 0 Å². The number of carbonyl (C=O) groups is 3. The molecule has 92 valence electrons. The van der Waals surface area contributed by atoms with E-state index in [1.54, 1.807) is 6.08 Å². The lowest BCUT2D eigenvalue weighted by Gasteiger charge is -2.15. The van der Waals surface area contributed by atoms with Crippen molar-refractivity contribution in [1.29, 1.82) is 0 Å². The molecule has 18 heavy (non-hydrogen) atoms. The van der Waals surface area contributed by atoms with Gasteiger partial charge in [-0.3, -0.25) is 14.4 Å². The van der Waals surface area contributed by atoms with Gasteiger partial charge >= 0.3 is 0 Å². The van der Waals surface area contributed by atoms with Crippen LogP contribution in [0.3, 0.4) is 0 Å². The Bertz CT molecular complexity index is 540. The first kappa shape index (κ1) is 12.4. The summed E-state index contributed by atoms with van der Waals surface area (Å²) in [4.78, 5) is 34.5. The monoisotopic (exact) mass is 242 g/mol. The van der Waals surface area contributed by atoms with Crippen LogP contribution in [0.4, 0.5) is 0 Å². The third kappa shape index (κ3) is 2.30. The minimum atomic E-state index is -0.516. The van der Waals surface area contributed by atoms with Crippen molar-refractivity contribution >= 4 is 17.9 Å². The van der Waals surface area contributed by atoms with Gasteiger partial charge in [0, 0.05) is 6.42 Å². The van der Waals surface area contributed by atoms with Gasteiger partial charge in [-0.15, -0.1) is 0 Å². The molecule has 0 aliphatic heterocycles. The summed E-state index contributed by atoms with van der Waals surface area (Å²) >= 11 is 0. The van der Waals surface area contributed by atoms with Crippen LogP contribution in [0.15, 0.2) is 35.9 Å². The molecule has 0 bridgehead atoms. The highest BCUT2D eigenvalue weighted by Gasteiger charge is 2.28. The van der Waals surface area contributed by atoms with Crippen LogP contribution in [0.1, 0.15) is 30.4 Å². The Labute approximate surface area is 106 Å². The van der Waals surface area contributed by atoms with Crippen molar-refractivity contribution in [2.45, 2.75) is 25.7 Å². The van der Waals surface area contributed by atoms with Gasteiger partial charge in [0.05, 0.1) is 11.5 Å². The van der Waals surface area contributed by atoms with Gasteiger partial charge in [-0.1, -0.05) is 30.3 Å². The summed E-state index contributed by atoms with van der Waals surface area (Å²) in [7, 11) is 0. The molecule has 1 aliphatic carbocycles. The lowest BCUT2D eigenvalue weighted by molar-refractivity contribution is -0.123. The Morgan fingerprint density at radius 1 is 1.39 bits per heavy atom. The maximum atomic E-state index is 12.2. The first-order valence-electron chi connectivity index (χ1n) is 5.90. The van der Waals surface area contributed by atoms with Gasteiger partial charge in [-0.05, 0) is 24.5 Å². The summed E-state index contributed by atoms with van der Waals surface area (Å²) in [5.74, 6) is -0.807. The average molecular weight is 242 g/mol. The number of Topliss-reactive ketones (excluding diaryl/α,β-unsaturated/α-hetero) is 2. The van der Waals surface area contributed by atoms with Gasteiger partial charge in [0.1, 0.15) is 5.78 Å². The Hall–Kier alpha value is -2.03. The van der Waals surface area contributed by atoms with Crippen LogP contribution in [-0.4, -0.2) is 17.9 Å². The molecular weight excluding hydrogens is 228 g/mol. The molecule has 0 heterocycles. The van der Waals surface area contributed by atoms with Crippen LogP contribution in [0.25, 0.3) is 0 Å². The molecule has 0 fully saturated rings. The predicted octanol–water partition coefficient (Wildman–Crippen LogP) is 2.00. The molecule has 0 saturated heterocycles. The molecular formula is C15H14O3. The van der Waals surface area contributed by atoms with Crippen molar-refractivity contribution in [2.75, 3.05) is 0 Å². The molecule has 0 saturated carbocycles. The molecule has 1 aliphatic rings. The summed E-state index contributed by atoms with van der Waals surface area (Å²) in [6.45, 7) is 1.46. The highest BCUT2D eigenvalue weighted by Crippen LogP contribution is 2.30. The first-order chi connectivity index (χ1) is 8.63. The highest BCUT2D eigenvalue weighted by atomic mass is 16.1. The predicted molar refractivity (Wildman–Crippen MR) is 67.3 cm³/mol. The zero-order chi connectivity index (χ0) is 13.1. The largest absolute Gasteiger partial charge is 0.300 e. The smallest absolute Gasteiger partial charge is 0.173 e. The fourth-order valence-corrected chi connectivity index (χ4v) is 2.32. The Morgan fingerprint density at radius 3 is 2.78 bits per heavy atom. The molecule has 2 rings (SSSR count). The second-order valence-corrected chi connectivity index (χ2v) is 4.50. The summed E-state index contributed by atoms with van der Waals surface area (Å²) in [6.07, 6.45) is 2.95. The zero-order valence-electron chi connectivity index (χ0n) is 10.2. The number of hydrogen-bond donors (Lipinski definition) is 0. The lowest BCUT2D eigenvalue weighted by Crippen LogP contribution is -2.17. The van der Waals surface area contributed by atoms with Gasteiger partial charge in [-0.2, -0.15) is 0 Å². The van der Waals surface area contributed by atoms with Gasteiger partial charge in [0.15, 0.2) is 12.1 Å². The number of benzene rings is 1. The topological polar surface area (TPSA) is 51.2 Å². The third-order valence-corrected chi connectivity index (χ3v) is 3.19. The van der Waals surface area contributed by atoms with Crippen LogP contribution in [0.2, 0.25) is 0 Å². The van der Waals surface area contributed by atoms with E-state index in [0.717, 1.165) is 11.1 Å². The molecule has 0 aromatic heterocycles. The summed E-state index contributed by atoms with van der Waals surface area (Å²) < 4.78 is 0. The number of allylic oxidation sites excluding steroid dienone is 2. The van der Waals surface area contributed by atoms with Crippen molar-refractivity contribution in [3.05, 3.63) is 47.0 Å². The number of rotatable bonds is 3. The fraction of sp³-hybridized carbons (Fsp3) is 0.267. The van der Waals surface area contributed by atoms with E-state index in [4.69, 9.17) is 0 Å². The van der Waals surface area contributed by atoms with E-state index >= 15 is 0 Å². The molecule has 1 unspecified atom stereocenters. The van der Waals surface area contributed by atoms with E-state index in [9.17, 15) is 14.4 Å². The SMILES string of the molecule is CC(=O)CC1C(=O)C(C=O)=CCc2ccccc21. The second kappa shape index (κ2) is 5.08. The summed E-state index contributed by atoms with van der Waals surface area (Å²) in [5.41, 5.74) is 2.05. The number of ketones is 2.